The summed E-state index contributed by atoms with van der Waals surface area (Å²) in [6, 6.07) is 6.93. The monoisotopic (exact) mass is 691 g/mol. The summed E-state index contributed by atoms with van der Waals surface area (Å²) in [5.74, 6) is -1.81. The van der Waals surface area contributed by atoms with Crippen molar-refractivity contribution in [3.05, 3.63) is 41.0 Å². The molecule has 268 valence electrons. The summed E-state index contributed by atoms with van der Waals surface area (Å²) < 4.78 is 51.5. The van der Waals surface area contributed by atoms with Crippen molar-refractivity contribution in [1.29, 1.82) is 0 Å². The van der Waals surface area contributed by atoms with Gasteiger partial charge >= 0.3 is 11.9 Å². The quantitative estimate of drug-likeness (QED) is 0.299. The number of carboxylic acids is 1. The molecule has 1 aliphatic carbocycles. The van der Waals surface area contributed by atoms with Crippen LogP contribution in [0.5, 0.6) is 28.7 Å². The van der Waals surface area contributed by atoms with E-state index < -0.39 is 72.8 Å². The van der Waals surface area contributed by atoms with E-state index in [1.807, 2.05) is 0 Å². The maximum atomic E-state index is 13.4. The van der Waals surface area contributed by atoms with Crippen molar-refractivity contribution in [2.45, 2.75) is 55.9 Å². The highest BCUT2D eigenvalue weighted by molar-refractivity contribution is 5.79. The number of aromatic hydroxyl groups is 1. The average Bonchev–Trinajstić information content (AvgIpc) is 3.69. The number of carbonyl (C=O) groups is 2. The summed E-state index contributed by atoms with van der Waals surface area (Å²) in [6.45, 7) is 2.04. The molecule has 0 spiro atoms. The molecule has 0 bridgehead atoms. The number of esters is 1. The van der Waals surface area contributed by atoms with Crippen LogP contribution in [0.15, 0.2) is 24.3 Å². The minimum atomic E-state index is -1.44. The highest BCUT2D eigenvalue weighted by Gasteiger charge is 2.56. The van der Waals surface area contributed by atoms with Crippen molar-refractivity contribution in [3.8, 4) is 28.7 Å². The fourth-order valence-corrected chi connectivity index (χ4v) is 7.01. The van der Waals surface area contributed by atoms with Crippen LogP contribution < -0.4 is 18.9 Å². The zero-order valence-electron chi connectivity index (χ0n) is 27.6. The molecule has 5 aliphatic rings. The summed E-state index contributed by atoms with van der Waals surface area (Å²) in [5, 5.41) is 40.6. The van der Waals surface area contributed by atoms with E-state index in [4.69, 9.17) is 47.7 Å². The zero-order chi connectivity index (χ0) is 35.1. The highest BCUT2D eigenvalue weighted by Crippen LogP contribution is 2.57. The van der Waals surface area contributed by atoms with Gasteiger partial charge in [0.05, 0.1) is 46.0 Å². The van der Waals surface area contributed by atoms with Gasteiger partial charge in [-0.05, 0) is 62.0 Å². The van der Waals surface area contributed by atoms with Gasteiger partial charge in [-0.2, -0.15) is 0 Å². The van der Waals surface area contributed by atoms with E-state index in [9.17, 15) is 24.9 Å². The Balaban J connectivity index is 0.000000540. The molecule has 0 radical (unpaired) electrons. The molecule has 0 aromatic heterocycles. The topological polar surface area (TPSA) is 201 Å². The van der Waals surface area contributed by atoms with Gasteiger partial charge in [-0.3, -0.25) is 14.5 Å². The minimum absolute atomic E-state index is 0.0301. The van der Waals surface area contributed by atoms with Crippen molar-refractivity contribution in [2.24, 2.45) is 11.8 Å². The molecule has 4 aliphatic heterocycles. The Morgan fingerprint density at radius 1 is 0.939 bits per heavy atom. The largest absolute Gasteiger partial charge is 0.502 e. The first-order valence-electron chi connectivity index (χ1n) is 15.8. The minimum Gasteiger partial charge on any atom is -0.502 e. The fraction of sp³-hybridized carbons (Fsp3) is 0.576. The lowest BCUT2D eigenvalue weighted by molar-refractivity contribution is -0.364. The second-order valence-electron chi connectivity index (χ2n) is 12.6. The summed E-state index contributed by atoms with van der Waals surface area (Å²) in [7, 11) is 6.29. The maximum absolute atomic E-state index is 13.4. The number of methoxy groups -OCH3 is 2. The number of likely N-dealkylation sites (N-methyl/N-ethyl adjacent to an activating group) is 1. The van der Waals surface area contributed by atoms with Crippen molar-refractivity contribution >= 4 is 11.9 Å². The molecule has 2 aromatic rings. The molecule has 3 fully saturated rings. The molecule has 2 aromatic carbocycles. The second-order valence-corrected chi connectivity index (χ2v) is 12.6. The summed E-state index contributed by atoms with van der Waals surface area (Å²) in [4.78, 5) is 24.8. The van der Waals surface area contributed by atoms with E-state index in [0.29, 0.717) is 28.2 Å². The number of hydrogen-bond acceptors (Lipinski definition) is 15. The van der Waals surface area contributed by atoms with Crippen LogP contribution in [0.2, 0.25) is 0 Å². The normalized spacial score (nSPS) is 32.6. The van der Waals surface area contributed by atoms with Crippen LogP contribution in [0, 0.1) is 11.8 Å². The number of aliphatic hydroxyl groups is 2. The maximum Gasteiger partial charge on any atom is 0.317 e. The lowest BCUT2D eigenvalue weighted by Gasteiger charge is -2.47. The van der Waals surface area contributed by atoms with Gasteiger partial charge in [-0.1, -0.05) is 0 Å². The first kappa shape index (κ1) is 34.9. The number of phenols is 1. The number of hydrogen-bond donors (Lipinski definition) is 4. The summed E-state index contributed by atoms with van der Waals surface area (Å²) >= 11 is 0. The fourth-order valence-electron chi connectivity index (χ4n) is 7.01. The molecule has 16 heteroatoms. The number of carboxylic acid groups (broad SMARTS) is 1. The van der Waals surface area contributed by atoms with Crippen molar-refractivity contribution < 1.29 is 72.6 Å². The van der Waals surface area contributed by atoms with Gasteiger partial charge in [0.15, 0.2) is 35.6 Å². The first-order valence-corrected chi connectivity index (χ1v) is 15.8. The Kier molecular flexibility index (Phi) is 10.1. The molecule has 0 saturated carbocycles. The molecule has 16 nitrogen and oxygen atoms in total. The van der Waals surface area contributed by atoms with Gasteiger partial charge in [-0.15, -0.1) is 0 Å². The first-order chi connectivity index (χ1) is 23.4. The van der Waals surface area contributed by atoms with Gasteiger partial charge in [0, 0.05) is 11.8 Å². The molecular formula is C33H41NO15. The molecule has 2 unspecified atom stereocenters. The highest BCUT2D eigenvalue weighted by atomic mass is 16.8. The number of aliphatic hydroxyl groups excluding tert-OH is 2. The number of cyclic esters (lactones) is 1. The number of rotatable bonds is 7. The average molecular weight is 692 g/mol. The number of ether oxygens (including phenoxy) is 9. The van der Waals surface area contributed by atoms with E-state index in [1.165, 1.54) is 14.2 Å². The van der Waals surface area contributed by atoms with Gasteiger partial charge < -0.3 is 63.1 Å². The summed E-state index contributed by atoms with van der Waals surface area (Å²) in [5.41, 5.74) is 2.01. The Bertz CT molecular complexity index is 1520. The van der Waals surface area contributed by atoms with E-state index in [2.05, 4.69) is 0 Å². The Labute approximate surface area is 281 Å². The Hall–Kier alpha value is -3.90. The van der Waals surface area contributed by atoms with Gasteiger partial charge in [0.1, 0.15) is 24.4 Å². The van der Waals surface area contributed by atoms with Crippen LogP contribution >= 0.6 is 0 Å². The number of phenolic OH excluding ortho intramolecular Hbond substituents is 1. The van der Waals surface area contributed by atoms with E-state index in [0.717, 1.165) is 0 Å². The third-order valence-corrected chi connectivity index (χ3v) is 9.20. The molecule has 7 rings (SSSR count). The third kappa shape index (κ3) is 6.69. The molecule has 4 heterocycles. The van der Waals surface area contributed by atoms with E-state index in [1.54, 1.807) is 50.2 Å². The number of benzene rings is 2. The van der Waals surface area contributed by atoms with E-state index in [-0.39, 0.29) is 43.8 Å². The van der Waals surface area contributed by atoms with Crippen LogP contribution in [0.3, 0.4) is 0 Å². The number of fused-ring (bicyclic) bond motifs is 4. The van der Waals surface area contributed by atoms with Gasteiger partial charge in [0.2, 0.25) is 12.5 Å². The van der Waals surface area contributed by atoms with Gasteiger partial charge in [-0.25, -0.2) is 0 Å². The molecule has 49 heavy (non-hydrogen) atoms. The van der Waals surface area contributed by atoms with Crippen molar-refractivity contribution in [3.63, 3.8) is 0 Å². The molecule has 0 amide bonds. The Morgan fingerprint density at radius 2 is 1.59 bits per heavy atom. The second kappa shape index (κ2) is 14.1. The SMILES string of the molecule is CN(C)CC(=O)O.COc1cc([C@@H]2c3cc4c(cc3C(O[C@@H]3O[C@@H]5CO[C@@H](C)O[C@H]5[C@H](O)[C@H]3O)C3COC(=O)[C@@H]32)OCO4)cc(OC)c1O. The van der Waals surface area contributed by atoms with Crippen LogP contribution in [0.4, 0.5) is 0 Å². The van der Waals surface area contributed by atoms with Crippen molar-refractivity contribution in [2.75, 3.05) is 54.9 Å². The predicted octanol–water partition coefficient (Wildman–Crippen LogP) is 0.971. The smallest absolute Gasteiger partial charge is 0.317 e. The molecule has 10 atom stereocenters. The number of nitrogens with zero attached hydrogens (tertiary/aromatic N) is 1. The predicted molar refractivity (Wildman–Crippen MR) is 165 cm³/mol. The summed E-state index contributed by atoms with van der Waals surface area (Å²) in [6.07, 6.45) is -6.80. The van der Waals surface area contributed by atoms with Crippen LogP contribution in [-0.4, -0.2) is 129 Å². The number of aliphatic carboxylic acids is 1. The van der Waals surface area contributed by atoms with Crippen LogP contribution in [0.25, 0.3) is 0 Å². The molecule has 3 saturated heterocycles. The number of carbonyl (C=O) groups excluding carboxylic acids is 1. The Morgan fingerprint density at radius 3 is 2.18 bits per heavy atom. The standard InChI is InChI=1S/C29H32O13.C4H9NO2/c1-11-36-9-20-27(40-11)24(31)25(32)29(41-20)42-26-14-7-17-16(38-10-39-17)6-13(14)21(22-15(26)8-37-28(22)33)12-4-18(34-2)23(30)19(5-12)35-3;1-5(2)3-4(6)7/h4-7,11,15,20-22,24-27,29-32H,8-10H2,1-3H3;3H2,1-2H3,(H,6,7)/t11-,15?,20-,21-,22+,24-,25-,26?,27-,29+;/m1./s1. The van der Waals surface area contributed by atoms with Crippen LogP contribution in [0.1, 0.15) is 35.6 Å². The lowest BCUT2D eigenvalue weighted by atomic mass is 9.66. The van der Waals surface area contributed by atoms with E-state index >= 15 is 0 Å². The van der Waals surface area contributed by atoms with Gasteiger partial charge in [0.25, 0.3) is 0 Å². The molecular weight excluding hydrogens is 650 g/mol. The lowest BCUT2D eigenvalue weighted by Crippen LogP contribution is -2.63. The van der Waals surface area contributed by atoms with Crippen LogP contribution in [-0.2, 0) is 33.3 Å². The van der Waals surface area contributed by atoms with Crippen molar-refractivity contribution in [1.82, 2.24) is 4.90 Å². The zero-order valence-corrected chi connectivity index (χ0v) is 27.6. The molecule has 4 N–H and O–H groups in total. The third-order valence-electron chi connectivity index (χ3n) is 9.20.